The van der Waals surface area contributed by atoms with Crippen LogP contribution in [0.1, 0.15) is 26.3 Å². The first kappa shape index (κ1) is 29.9. The van der Waals surface area contributed by atoms with E-state index in [-0.39, 0.29) is 33.3 Å². The zero-order chi connectivity index (χ0) is 33.5. The number of esters is 1. The molecule has 0 radical (unpaired) electrons. The minimum Gasteiger partial charge on any atom is -0.497 e. The van der Waals surface area contributed by atoms with Crippen molar-refractivity contribution < 1.29 is 32.6 Å². The molecule has 0 bridgehead atoms. The van der Waals surface area contributed by atoms with Gasteiger partial charge in [0.1, 0.15) is 22.6 Å². The molecule has 48 heavy (non-hydrogen) atoms. The molecule has 0 atom stereocenters. The van der Waals surface area contributed by atoms with E-state index in [2.05, 4.69) is 4.98 Å². The molecule has 12 nitrogen and oxygen atoms in total. The third-order valence-corrected chi connectivity index (χ3v) is 7.66. The minimum absolute atomic E-state index is 0.00819. The van der Waals surface area contributed by atoms with Gasteiger partial charge in [-0.15, -0.1) is 0 Å². The molecule has 12 heteroatoms. The van der Waals surface area contributed by atoms with E-state index in [0.29, 0.717) is 11.5 Å². The standard InChI is InChI=1S/C36H22N2O10/c1-44-21-15-11-19(12-16-21)31(39)28-30-36(43)47-26-10-6-4-8-24(26)38(30)33(40)27(29-35(42)46-25-9-5-3-7-23(25)37-29)32(28)48-34(41)20-13-17-22(45-2)18-14-20/h3-18H,1-2H3. The van der Waals surface area contributed by atoms with Crippen molar-refractivity contribution in [2.75, 3.05) is 14.2 Å². The fraction of sp³-hybridized carbons (Fsp3) is 0.0556. The van der Waals surface area contributed by atoms with Gasteiger partial charge in [0, 0.05) is 5.56 Å². The lowest BCUT2D eigenvalue weighted by molar-refractivity contribution is 0.0733. The fourth-order valence-corrected chi connectivity index (χ4v) is 5.35. The molecule has 0 aliphatic carbocycles. The van der Waals surface area contributed by atoms with Gasteiger partial charge in [-0.1, -0.05) is 24.3 Å². The molecule has 0 spiro atoms. The summed E-state index contributed by atoms with van der Waals surface area (Å²) in [6.45, 7) is 0. The highest BCUT2D eigenvalue weighted by molar-refractivity contribution is 6.17. The molecular weight excluding hydrogens is 620 g/mol. The Morgan fingerprint density at radius 2 is 1.27 bits per heavy atom. The quantitative estimate of drug-likeness (QED) is 0.130. The summed E-state index contributed by atoms with van der Waals surface area (Å²) in [5.74, 6) is -1.63. The lowest BCUT2D eigenvalue weighted by Gasteiger charge is -2.17. The number of rotatable bonds is 7. The molecule has 236 valence electrons. The molecule has 7 aromatic rings. The van der Waals surface area contributed by atoms with Gasteiger partial charge in [-0.25, -0.2) is 19.4 Å². The molecule has 3 heterocycles. The van der Waals surface area contributed by atoms with Gasteiger partial charge in [-0.05, 0) is 72.8 Å². The number of para-hydroxylation sites is 4. The number of pyridine rings is 1. The summed E-state index contributed by atoms with van der Waals surface area (Å²) in [6.07, 6.45) is 0. The Hall–Kier alpha value is -6.82. The van der Waals surface area contributed by atoms with Gasteiger partial charge in [-0.3, -0.25) is 14.0 Å². The molecule has 4 aromatic carbocycles. The van der Waals surface area contributed by atoms with E-state index >= 15 is 0 Å². The number of nitrogens with zero attached hydrogens (tertiary/aromatic N) is 2. The van der Waals surface area contributed by atoms with Crippen molar-refractivity contribution in [3.05, 3.63) is 145 Å². The van der Waals surface area contributed by atoms with Gasteiger partial charge in [0.15, 0.2) is 33.9 Å². The van der Waals surface area contributed by atoms with E-state index in [4.69, 9.17) is 23.0 Å². The summed E-state index contributed by atoms with van der Waals surface area (Å²) in [7, 11) is 2.91. The summed E-state index contributed by atoms with van der Waals surface area (Å²) in [5, 5.41) is 0. The van der Waals surface area contributed by atoms with Gasteiger partial charge < -0.3 is 23.0 Å². The second-order valence-corrected chi connectivity index (χ2v) is 10.4. The number of hydrogen-bond acceptors (Lipinski definition) is 11. The number of methoxy groups -OCH3 is 2. The molecule has 0 aliphatic heterocycles. The number of fused-ring (bicyclic) bond motifs is 4. The SMILES string of the molecule is COc1ccc(C(=O)Oc2c(-c3nc4ccccc4oc3=O)c(=O)n3c(c2C(=O)c2ccc(OC)cc2)c(=O)oc2ccccc23)cc1. The monoisotopic (exact) mass is 642 g/mol. The van der Waals surface area contributed by atoms with E-state index in [9.17, 15) is 24.0 Å². The van der Waals surface area contributed by atoms with Gasteiger partial charge >= 0.3 is 17.2 Å². The Labute approximate surface area is 269 Å². The molecule has 0 unspecified atom stereocenters. The van der Waals surface area contributed by atoms with Crippen molar-refractivity contribution in [2.24, 2.45) is 0 Å². The van der Waals surface area contributed by atoms with Gasteiger partial charge in [0.25, 0.3) is 5.56 Å². The largest absolute Gasteiger partial charge is 0.497 e. The summed E-state index contributed by atoms with van der Waals surface area (Å²) < 4.78 is 28.3. The van der Waals surface area contributed by atoms with Crippen LogP contribution in [0.2, 0.25) is 0 Å². The lowest BCUT2D eigenvalue weighted by atomic mass is 9.98. The molecular formula is C36H22N2O10. The third-order valence-electron chi connectivity index (χ3n) is 7.66. The zero-order valence-electron chi connectivity index (χ0n) is 25.2. The van der Waals surface area contributed by atoms with E-state index < -0.39 is 56.7 Å². The number of hydrogen-bond donors (Lipinski definition) is 0. The second-order valence-electron chi connectivity index (χ2n) is 10.4. The van der Waals surface area contributed by atoms with Crippen LogP contribution in [0.4, 0.5) is 0 Å². The fourth-order valence-electron chi connectivity index (χ4n) is 5.35. The van der Waals surface area contributed by atoms with Crippen molar-refractivity contribution in [3.8, 4) is 28.5 Å². The van der Waals surface area contributed by atoms with Gasteiger partial charge in [-0.2, -0.15) is 0 Å². The molecule has 3 aromatic heterocycles. The van der Waals surface area contributed by atoms with Crippen LogP contribution in [0.5, 0.6) is 17.2 Å². The highest BCUT2D eigenvalue weighted by Crippen LogP contribution is 2.35. The predicted molar refractivity (Wildman–Crippen MR) is 173 cm³/mol. The Morgan fingerprint density at radius 1 is 0.688 bits per heavy atom. The van der Waals surface area contributed by atoms with E-state index in [0.717, 1.165) is 4.40 Å². The average molecular weight is 643 g/mol. The average Bonchev–Trinajstić information content (AvgIpc) is 3.11. The molecule has 0 aliphatic rings. The first-order valence-electron chi connectivity index (χ1n) is 14.4. The van der Waals surface area contributed by atoms with Crippen LogP contribution in [0, 0.1) is 0 Å². The minimum atomic E-state index is -1.07. The molecule has 0 N–H and O–H groups in total. The van der Waals surface area contributed by atoms with Gasteiger partial charge in [0.2, 0.25) is 0 Å². The van der Waals surface area contributed by atoms with E-state index in [1.807, 2.05) is 0 Å². The zero-order valence-corrected chi connectivity index (χ0v) is 25.2. The van der Waals surface area contributed by atoms with Crippen LogP contribution in [0.3, 0.4) is 0 Å². The van der Waals surface area contributed by atoms with Crippen LogP contribution in [-0.2, 0) is 0 Å². The summed E-state index contributed by atoms with van der Waals surface area (Å²) >= 11 is 0. The summed E-state index contributed by atoms with van der Waals surface area (Å²) in [5.41, 5.74) is -4.81. The highest BCUT2D eigenvalue weighted by atomic mass is 16.5. The molecule has 0 amide bonds. The van der Waals surface area contributed by atoms with Crippen molar-refractivity contribution in [1.82, 2.24) is 9.38 Å². The Morgan fingerprint density at radius 3 is 1.94 bits per heavy atom. The van der Waals surface area contributed by atoms with Crippen LogP contribution >= 0.6 is 0 Å². The molecule has 0 saturated heterocycles. The highest BCUT2D eigenvalue weighted by Gasteiger charge is 2.33. The van der Waals surface area contributed by atoms with Crippen LogP contribution in [0.15, 0.2) is 120 Å². The first-order chi connectivity index (χ1) is 23.3. The lowest BCUT2D eigenvalue weighted by Crippen LogP contribution is -2.29. The van der Waals surface area contributed by atoms with Crippen LogP contribution in [-0.4, -0.2) is 35.4 Å². The number of ketones is 1. The van der Waals surface area contributed by atoms with E-state index in [1.165, 1.54) is 80.9 Å². The van der Waals surface area contributed by atoms with Crippen molar-refractivity contribution in [1.29, 1.82) is 0 Å². The Kier molecular flexibility index (Phi) is 7.37. The molecule has 0 fully saturated rings. The summed E-state index contributed by atoms with van der Waals surface area (Å²) in [6, 6.07) is 24.2. The number of carbonyl (C=O) groups is 2. The van der Waals surface area contributed by atoms with Crippen LogP contribution in [0.25, 0.3) is 39.0 Å². The van der Waals surface area contributed by atoms with Gasteiger partial charge in [0.05, 0.1) is 30.9 Å². The maximum absolute atomic E-state index is 14.6. The Balaban J connectivity index is 1.64. The third kappa shape index (κ3) is 4.97. The number of aromatic nitrogens is 2. The number of benzene rings is 4. The summed E-state index contributed by atoms with van der Waals surface area (Å²) in [4.78, 5) is 74.5. The Bertz CT molecular complexity index is 2600. The molecule has 7 rings (SSSR count). The van der Waals surface area contributed by atoms with Crippen LogP contribution < -0.4 is 31.0 Å². The van der Waals surface area contributed by atoms with E-state index in [1.54, 1.807) is 30.3 Å². The normalized spacial score (nSPS) is 11.1. The predicted octanol–water partition coefficient (Wildman–Crippen LogP) is 5.04. The van der Waals surface area contributed by atoms with Crippen molar-refractivity contribution >= 4 is 39.5 Å². The van der Waals surface area contributed by atoms with Crippen molar-refractivity contribution in [3.63, 3.8) is 0 Å². The van der Waals surface area contributed by atoms with Crippen molar-refractivity contribution in [2.45, 2.75) is 0 Å². The topological polar surface area (TPSA) is 157 Å². The smallest absolute Gasteiger partial charge is 0.363 e. The molecule has 0 saturated carbocycles. The maximum Gasteiger partial charge on any atom is 0.363 e. The maximum atomic E-state index is 14.6. The number of carbonyl (C=O) groups excluding carboxylic acids is 2. The first-order valence-corrected chi connectivity index (χ1v) is 14.4. The second kappa shape index (κ2) is 11.8. The number of ether oxygens (including phenoxy) is 3.